The molecule has 0 aromatic rings. The minimum atomic E-state index is -0.807. The van der Waals surface area contributed by atoms with Crippen LogP contribution in [0.25, 0.3) is 0 Å². The second kappa shape index (κ2) is 6.83. The van der Waals surface area contributed by atoms with Gasteiger partial charge < -0.3 is 19.9 Å². The molecule has 1 rings (SSSR count). The highest BCUT2D eigenvalue weighted by Crippen LogP contribution is 2.18. The van der Waals surface area contributed by atoms with Crippen molar-refractivity contribution in [2.24, 2.45) is 0 Å². The molecule has 0 aromatic heterocycles. The number of hydrogen-bond acceptors (Lipinski definition) is 4. The first-order chi connectivity index (χ1) is 7.66. The number of aliphatic hydroxyl groups is 1. The summed E-state index contributed by atoms with van der Waals surface area (Å²) in [6.07, 6.45) is 2.04. The number of hydrogen-bond donors (Lipinski definition) is 2. The Morgan fingerprint density at radius 1 is 1.50 bits per heavy atom. The normalized spacial score (nSPS) is 19.4. The Bertz CT molecular complexity index is 214. The first-order valence-corrected chi connectivity index (χ1v) is 5.81. The van der Waals surface area contributed by atoms with Gasteiger partial charge in [0.05, 0.1) is 5.60 Å². The van der Waals surface area contributed by atoms with E-state index < -0.39 is 5.60 Å². The van der Waals surface area contributed by atoms with Gasteiger partial charge in [0.25, 0.3) is 0 Å². The lowest BCUT2D eigenvalue weighted by molar-refractivity contribution is -0.128. The van der Waals surface area contributed by atoms with Crippen LogP contribution in [0.4, 0.5) is 0 Å². The Kier molecular flexibility index (Phi) is 5.73. The molecule has 1 amide bonds. The number of carbonyl (C=O) groups excluding carboxylic acids is 1. The van der Waals surface area contributed by atoms with Gasteiger partial charge >= 0.3 is 0 Å². The largest absolute Gasteiger partial charge is 0.388 e. The minimum absolute atomic E-state index is 0.0699. The van der Waals surface area contributed by atoms with E-state index in [9.17, 15) is 9.90 Å². The quantitative estimate of drug-likeness (QED) is 0.635. The highest BCUT2D eigenvalue weighted by atomic mass is 16.5. The van der Waals surface area contributed by atoms with Gasteiger partial charge in [0.15, 0.2) is 0 Å². The third kappa shape index (κ3) is 4.92. The molecule has 94 valence electrons. The highest BCUT2D eigenvalue weighted by molar-refractivity contribution is 5.77. The number of rotatable bonds is 6. The average molecular weight is 231 g/mol. The molecule has 16 heavy (non-hydrogen) atoms. The van der Waals surface area contributed by atoms with Crippen LogP contribution in [0.2, 0.25) is 0 Å². The van der Waals surface area contributed by atoms with E-state index in [2.05, 4.69) is 5.32 Å². The summed E-state index contributed by atoms with van der Waals surface area (Å²) in [6.45, 7) is 4.04. The van der Waals surface area contributed by atoms with E-state index in [-0.39, 0.29) is 19.1 Å². The maximum absolute atomic E-state index is 11.3. The van der Waals surface area contributed by atoms with Gasteiger partial charge in [-0.1, -0.05) is 6.92 Å². The van der Waals surface area contributed by atoms with E-state index >= 15 is 0 Å². The van der Waals surface area contributed by atoms with Crippen LogP contribution in [0.3, 0.4) is 0 Å². The molecule has 2 N–H and O–H groups in total. The summed E-state index contributed by atoms with van der Waals surface area (Å²) in [5, 5.41) is 12.7. The van der Waals surface area contributed by atoms with E-state index in [0.717, 1.165) is 6.42 Å². The third-order valence-electron chi connectivity index (χ3n) is 2.62. The third-order valence-corrected chi connectivity index (χ3v) is 2.62. The maximum atomic E-state index is 11.3. The van der Waals surface area contributed by atoms with Crippen molar-refractivity contribution in [1.82, 2.24) is 5.32 Å². The Hall–Kier alpha value is -0.650. The fourth-order valence-electron chi connectivity index (χ4n) is 1.55. The van der Waals surface area contributed by atoms with Gasteiger partial charge in [-0.3, -0.25) is 4.79 Å². The molecular formula is C11H21NO4. The van der Waals surface area contributed by atoms with Crippen molar-refractivity contribution in [1.29, 1.82) is 0 Å². The van der Waals surface area contributed by atoms with Crippen molar-refractivity contribution < 1.29 is 19.4 Å². The van der Waals surface area contributed by atoms with E-state index in [0.29, 0.717) is 32.7 Å². The van der Waals surface area contributed by atoms with Crippen LogP contribution in [0.5, 0.6) is 0 Å². The summed E-state index contributed by atoms with van der Waals surface area (Å²) < 4.78 is 10.3. The Balaban J connectivity index is 2.14. The molecule has 1 aliphatic heterocycles. The SMILES string of the molecule is CCCOCC(=O)NCC1(O)CCOCC1. The summed E-state index contributed by atoms with van der Waals surface area (Å²) in [5.41, 5.74) is -0.807. The van der Waals surface area contributed by atoms with E-state index in [1.165, 1.54) is 0 Å². The van der Waals surface area contributed by atoms with Crippen molar-refractivity contribution in [3.63, 3.8) is 0 Å². The second-order valence-electron chi connectivity index (χ2n) is 4.17. The van der Waals surface area contributed by atoms with Crippen LogP contribution in [0.15, 0.2) is 0 Å². The number of ether oxygens (including phenoxy) is 2. The summed E-state index contributed by atoms with van der Waals surface area (Å²) in [4.78, 5) is 11.3. The predicted octanol–water partition coefficient (Wildman–Crippen LogP) is 0.0707. The molecule has 0 spiro atoms. The van der Waals surface area contributed by atoms with Crippen molar-refractivity contribution in [2.45, 2.75) is 31.8 Å². The van der Waals surface area contributed by atoms with Crippen molar-refractivity contribution >= 4 is 5.91 Å². The Labute approximate surface area is 96.1 Å². The molecule has 1 saturated heterocycles. The molecule has 0 radical (unpaired) electrons. The van der Waals surface area contributed by atoms with Crippen LogP contribution in [0.1, 0.15) is 26.2 Å². The fraction of sp³-hybridized carbons (Fsp3) is 0.909. The molecule has 5 heteroatoms. The number of nitrogens with one attached hydrogen (secondary N) is 1. The molecule has 1 aliphatic rings. The monoisotopic (exact) mass is 231 g/mol. The molecule has 0 saturated carbocycles. The van der Waals surface area contributed by atoms with Gasteiger partial charge in [-0.15, -0.1) is 0 Å². The Morgan fingerprint density at radius 2 is 2.19 bits per heavy atom. The highest BCUT2D eigenvalue weighted by Gasteiger charge is 2.29. The average Bonchev–Trinajstić information content (AvgIpc) is 2.28. The standard InChI is InChI=1S/C11H21NO4/c1-2-5-16-8-10(13)12-9-11(14)3-6-15-7-4-11/h14H,2-9H2,1H3,(H,12,13). The predicted molar refractivity (Wildman–Crippen MR) is 59.1 cm³/mol. The van der Waals surface area contributed by atoms with Gasteiger partial charge in [0, 0.05) is 39.2 Å². The topological polar surface area (TPSA) is 67.8 Å². The zero-order chi connectivity index (χ0) is 11.9. The Morgan fingerprint density at radius 3 is 2.81 bits per heavy atom. The summed E-state index contributed by atoms with van der Waals surface area (Å²) >= 11 is 0. The van der Waals surface area contributed by atoms with Gasteiger partial charge in [-0.2, -0.15) is 0 Å². The van der Waals surface area contributed by atoms with Gasteiger partial charge in [-0.25, -0.2) is 0 Å². The molecule has 1 fully saturated rings. The lowest BCUT2D eigenvalue weighted by Gasteiger charge is -2.32. The van der Waals surface area contributed by atoms with Gasteiger partial charge in [-0.05, 0) is 6.42 Å². The van der Waals surface area contributed by atoms with Crippen molar-refractivity contribution in [3.8, 4) is 0 Å². The molecule has 0 unspecified atom stereocenters. The first-order valence-electron chi connectivity index (χ1n) is 5.81. The van der Waals surface area contributed by atoms with E-state index in [1.807, 2.05) is 6.92 Å². The molecule has 0 bridgehead atoms. The molecule has 5 nitrogen and oxygen atoms in total. The van der Waals surface area contributed by atoms with Crippen molar-refractivity contribution in [2.75, 3.05) is 33.0 Å². The van der Waals surface area contributed by atoms with Crippen LogP contribution >= 0.6 is 0 Å². The number of amides is 1. The molecule has 0 atom stereocenters. The second-order valence-corrected chi connectivity index (χ2v) is 4.17. The molecule has 0 aromatic carbocycles. The molecule has 1 heterocycles. The minimum Gasteiger partial charge on any atom is -0.388 e. The first kappa shape index (κ1) is 13.4. The zero-order valence-corrected chi connectivity index (χ0v) is 9.83. The summed E-state index contributed by atoms with van der Waals surface area (Å²) in [6, 6.07) is 0. The zero-order valence-electron chi connectivity index (χ0n) is 9.83. The van der Waals surface area contributed by atoms with Crippen LogP contribution in [-0.2, 0) is 14.3 Å². The summed E-state index contributed by atoms with van der Waals surface area (Å²) in [7, 11) is 0. The van der Waals surface area contributed by atoms with Crippen LogP contribution < -0.4 is 5.32 Å². The lowest BCUT2D eigenvalue weighted by Crippen LogP contribution is -2.47. The van der Waals surface area contributed by atoms with Crippen LogP contribution in [-0.4, -0.2) is 49.6 Å². The van der Waals surface area contributed by atoms with Crippen molar-refractivity contribution in [3.05, 3.63) is 0 Å². The molecular weight excluding hydrogens is 210 g/mol. The smallest absolute Gasteiger partial charge is 0.246 e. The molecule has 0 aliphatic carbocycles. The fourth-order valence-corrected chi connectivity index (χ4v) is 1.55. The van der Waals surface area contributed by atoms with Gasteiger partial charge in [0.1, 0.15) is 6.61 Å². The maximum Gasteiger partial charge on any atom is 0.246 e. The summed E-state index contributed by atoms with van der Waals surface area (Å²) in [5.74, 6) is -0.173. The van der Waals surface area contributed by atoms with E-state index in [4.69, 9.17) is 9.47 Å². The lowest BCUT2D eigenvalue weighted by atomic mass is 9.94. The van der Waals surface area contributed by atoms with Crippen LogP contribution in [0, 0.1) is 0 Å². The van der Waals surface area contributed by atoms with Gasteiger partial charge in [0.2, 0.25) is 5.91 Å². The number of carbonyl (C=O) groups is 1. The van der Waals surface area contributed by atoms with E-state index in [1.54, 1.807) is 0 Å².